The van der Waals surface area contributed by atoms with Gasteiger partial charge in [0.25, 0.3) is 0 Å². The van der Waals surface area contributed by atoms with Crippen LogP contribution in [0.5, 0.6) is 0 Å². The predicted molar refractivity (Wildman–Crippen MR) is 45.7 cm³/mol. The molecular weight excluding hydrogens is 246 g/mol. The van der Waals surface area contributed by atoms with Gasteiger partial charge in [-0.3, -0.25) is 4.74 Å². The van der Waals surface area contributed by atoms with Gasteiger partial charge in [-0.25, -0.2) is 4.39 Å². The third-order valence-corrected chi connectivity index (χ3v) is 2.72. The Labute approximate surface area is 82.3 Å². The molecule has 1 aliphatic heterocycles. The van der Waals surface area contributed by atoms with Crippen LogP contribution in [0.3, 0.4) is 0 Å². The summed E-state index contributed by atoms with van der Waals surface area (Å²) in [5, 5.41) is 0.285. The molecule has 0 saturated carbocycles. The van der Waals surface area contributed by atoms with Crippen LogP contribution in [-0.4, -0.2) is 24.1 Å². The van der Waals surface area contributed by atoms with Gasteiger partial charge >= 0.3 is 5.85 Å². The van der Waals surface area contributed by atoms with Crippen molar-refractivity contribution in [3.05, 3.63) is 23.5 Å². The van der Waals surface area contributed by atoms with E-state index < -0.39 is 12.0 Å². The van der Waals surface area contributed by atoms with Crippen LogP contribution in [-0.2, 0) is 9.47 Å². The number of hydrogen-bond donors (Lipinski definition) is 0. The lowest BCUT2D eigenvalue weighted by molar-refractivity contribution is -0.127. The van der Waals surface area contributed by atoms with Gasteiger partial charge in [0.1, 0.15) is 0 Å². The number of alkyl halides is 3. The molecule has 13 heavy (non-hydrogen) atoms. The third-order valence-electron chi connectivity index (χ3n) is 2.07. The van der Waals surface area contributed by atoms with E-state index in [1.54, 1.807) is 0 Å². The van der Waals surface area contributed by atoms with Crippen LogP contribution in [0.15, 0.2) is 23.5 Å². The van der Waals surface area contributed by atoms with Gasteiger partial charge in [-0.1, -0.05) is 22.0 Å². The first kappa shape index (κ1) is 9.15. The molecule has 0 bridgehead atoms. The van der Waals surface area contributed by atoms with E-state index >= 15 is 0 Å². The molecule has 5 heteroatoms. The third kappa shape index (κ3) is 1.21. The normalized spacial score (nSPS) is 37.6. The van der Waals surface area contributed by atoms with Crippen LogP contribution >= 0.6 is 15.9 Å². The van der Waals surface area contributed by atoms with Crippen molar-refractivity contribution in [3.8, 4) is 0 Å². The lowest BCUT2D eigenvalue weighted by atomic mass is 9.98. The Morgan fingerprint density at radius 3 is 3.08 bits per heavy atom. The molecule has 1 heterocycles. The Morgan fingerprint density at radius 1 is 1.62 bits per heavy atom. The van der Waals surface area contributed by atoms with Crippen LogP contribution < -0.4 is 0 Å². The zero-order valence-electron chi connectivity index (χ0n) is 6.60. The van der Waals surface area contributed by atoms with Gasteiger partial charge in [0.2, 0.25) is 0 Å². The molecule has 72 valence electrons. The number of allylic oxidation sites excluding steroid dienone is 2. The topological polar surface area (TPSA) is 18.5 Å². The van der Waals surface area contributed by atoms with E-state index in [0.717, 1.165) is 0 Å². The quantitative estimate of drug-likeness (QED) is 0.667. The Kier molecular flexibility index (Phi) is 2.15. The average molecular weight is 253 g/mol. The molecule has 2 aliphatic rings. The summed E-state index contributed by atoms with van der Waals surface area (Å²) in [5.41, 5.74) is 0.316. The maximum absolute atomic E-state index is 13.7. The highest BCUT2D eigenvalue weighted by molar-refractivity contribution is 9.09. The molecule has 1 aliphatic carbocycles. The minimum atomic E-state index is -2.40. The minimum absolute atomic E-state index is 0.0790. The molecule has 2 atom stereocenters. The summed E-state index contributed by atoms with van der Waals surface area (Å²) >= 11 is 3.07. The predicted octanol–water partition coefficient (Wildman–Crippen LogP) is 2.21. The summed E-state index contributed by atoms with van der Waals surface area (Å²) in [6.07, 6.45) is 1.12. The Morgan fingerprint density at radius 2 is 2.38 bits per heavy atom. The van der Waals surface area contributed by atoms with Gasteiger partial charge in [0.15, 0.2) is 18.7 Å². The lowest BCUT2D eigenvalue weighted by Crippen LogP contribution is -2.39. The Bertz CT molecular complexity index is 290. The van der Waals surface area contributed by atoms with E-state index in [9.17, 15) is 8.78 Å². The van der Waals surface area contributed by atoms with Crippen molar-refractivity contribution in [2.75, 3.05) is 12.1 Å². The molecular formula is C8H7BrF2O2. The summed E-state index contributed by atoms with van der Waals surface area (Å²) < 4.78 is 36.6. The molecule has 0 radical (unpaired) electrons. The van der Waals surface area contributed by atoms with Crippen LogP contribution in [0.1, 0.15) is 0 Å². The zero-order valence-corrected chi connectivity index (χ0v) is 8.18. The van der Waals surface area contributed by atoms with Gasteiger partial charge < -0.3 is 4.74 Å². The Hall–Kier alpha value is -0.420. The van der Waals surface area contributed by atoms with Crippen molar-refractivity contribution in [1.82, 2.24) is 0 Å². The lowest BCUT2D eigenvalue weighted by Gasteiger charge is -2.25. The monoisotopic (exact) mass is 252 g/mol. The first-order valence-electron chi connectivity index (χ1n) is 3.75. The van der Waals surface area contributed by atoms with Gasteiger partial charge in [-0.15, -0.1) is 0 Å². The Balaban J connectivity index is 2.36. The molecule has 0 aromatic rings. The fourth-order valence-corrected chi connectivity index (χ4v) is 1.80. The molecule has 0 aromatic carbocycles. The van der Waals surface area contributed by atoms with Gasteiger partial charge in [0.05, 0.1) is 0 Å². The van der Waals surface area contributed by atoms with E-state index in [1.165, 1.54) is 12.2 Å². The standard InChI is InChI=1S/C8H7BrF2O2/c9-3-5-1-2-6-8(11,7(5)10)13-4-12-6/h1-2,7H,3-4H2. The number of hydrogen-bond acceptors (Lipinski definition) is 2. The number of ether oxygens (including phenoxy) is 2. The molecule has 2 rings (SSSR count). The molecule has 0 spiro atoms. The van der Waals surface area contributed by atoms with Crippen molar-refractivity contribution in [1.29, 1.82) is 0 Å². The van der Waals surface area contributed by atoms with Crippen LogP contribution in [0, 0.1) is 0 Å². The summed E-state index contributed by atoms with van der Waals surface area (Å²) in [6.45, 7) is -0.230. The van der Waals surface area contributed by atoms with Crippen LogP contribution in [0.25, 0.3) is 0 Å². The average Bonchev–Trinajstić information content (AvgIpc) is 2.50. The molecule has 2 nitrogen and oxygen atoms in total. The first-order valence-corrected chi connectivity index (χ1v) is 4.87. The van der Waals surface area contributed by atoms with Crippen molar-refractivity contribution in [3.63, 3.8) is 0 Å². The zero-order chi connectivity index (χ0) is 9.47. The maximum atomic E-state index is 13.7. The van der Waals surface area contributed by atoms with E-state index in [1.807, 2.05) is 0 Å². The summed E-state index contributed by atoms with van der Waals surface area (Å²) in [6, 6.07) is 0. The van der Waals surface area contributed by atoms with Crippen LogP contribution in [0.2, 0.25) is 0 Å². The SMILES string of the molecule is FC1C(CBr)=CC=C2OCOC21F. The highest BCUT2D eigenvalue weighted by Crippen LogP contribution is 2.41. The number of fused-ring (bicyclic) bond motifs is 1. The largest absolute Gasteiger partial charge is 0.466 e. The van der Waals surface area contributed by atoms with E-state index in [0.29, 0.717) is 5.57 Å². The van der Waals surface area contributed by atoms with Gasteiger partial charge in [0, 0.05) is 5.33 Å². The number of rotatable bonds is 1. The molecule has 1 fully saturated rings. The van der Waals surface area contributed by atoms with E-state index in [4.69, 9.17) is 4.74 Å². The second-order valence-corrected chi connectivity index (χ2v) is 3.38. The smallest absolute Gasteiger partial charge is 0.305 e. The van der Waals surface area contributed by atoms with E-state index in [-0.39, 0.29) is 17.9 Å². The maximum Gasteiger partial charge on any atom is 0.305 e. The summed E-state index contributed by atoms with van der Waals surface area (Å²) in [4.78, 5) is 0. The molecule has 2 unspecified atom stereocenters. The van der Waals surface area contributed by atoms with Gasteiger partial charge in [-0.2, -0.15) is 4.39 Å². The van der Waals surface area contributed by atoms with Crippen molar-refractivity contribution in [2.45, 2.75) is 12.0 Å². The second-order valence-electron chi connectivity index (χ2n) is 2.82. The van der Waals surface area contributed by atoms with Crippen molar-refractivity contribution >= 4 is 15.9 Å². The fraction of sp³-hybridized carbons (Fsp3) is 0.500. The molecule has 1 saturated heterocycles. The molecule has 0 amide bonds. The van der Waals surface area contributed by atoms with Crippen LogP contribution in [0.4, 0.5) is 8.78 Å². The molecule has 0 aromatic heterocycles. The van der Waals surface area contributed by atoms with Gasteiger partial charge in [-0.05, 0) is 11.6 Å². The summed E-state index contributed by atoms with van der Waals surface area (Å²) in [7, 11) is 0. The molecule has 0 N–H and O–H groups in total. The highest BCUT2D eigenvalue weighted by atomic mass is 79.9. The summed E-state index contributed by atoms with van der Waals surface area (Å²) in [5.74, 6) is -2.48. The van der Waals surface area contributed by atoms with Crippen molar-refractivity contribution in [2.24, 2.45) is 0 Å². The number of halogens is 3. The van der Waals surface area contributed by atoms with Crippen molar-refractivity contribution < 1.29 is 18.3 Å². The highest BCUT2D eigenvalue weighted by Gasteiger charge is 2.53. The minimum Gasteiger partial charge on any atom is -0.466 e. The fourth-order valence-electron chi connectivity index (χ4n) is 1.33. The second kappa shape index (κ2) is 3.06. The van der Waals surface area contributed by atoms with E-state index in [2.05, 4.69) is 20.7 Å². The first-order chi connectivity index (χ1) is 6.18.